The Morgan fingerprint density at radius 3 is 2.87 bits per heavy atom. The molecule has 1 aromatic heterocycles. The van der Waals surface area contributed by atoms with Gasteiger partial charge in [0.25, 0.3) is 0 Å². The SMILES string of the molecule is COCc1cccnc1[Si]1CCCCC1. The summed E-state index contributed by atoms with van der Waals surface area (Å²) in [5.41, 5.74) is 1.32. The summed E-state index contributed by atoms with van der Waals surface area (Å²) in [7, 11) is 1.39. The van der Waals surface area contributed by atoms with Gasteiger partial charge in [0.1, 0.15) is 8.80 Å². The van der Waals surface area contributed by atoms with E-state index in [0.29, 0.717) is 0 Å². The Kier molecular flexibility index (Phi) is 3.91. The highest BCUT2D eigenvalue weighted by Crippen LogP contribution is 2.19. The Balaban J connectivity index is 2.17. The van der Waals surface area contributed by atoms with Gasteiger partial charge >= 0.3 is 0 Å². The van der Waals surface area contributed by atoms with E-state index < -0.39 is 0 Å². The summed E-state index contributed by atoms with van der Waals surface area (Å²) < 4.78 is 5.24. The van der Waals surface area contributed by atoms with Crippen molar-refractivity contribution < 1.29 is 4.74 Å². The van der Waals surface area contributed by atoms with Gasteiger partial charge in [-0.05, 0) is 11.6 Å². The monoisotopic (exact) mass is 220 g/mol. The van der Waals surface area contributed by atoms with E-state index in [1.807, 2.05) is 12.3 Å². The van der Waals surface area contributed by atoms with Gasteiger partial charge in [0, 0.05) is 18.6 Å². The fraction of sp³-hybridized carbons (Fsp3) is 0.583. The Morgan fingerprint density at radius 1 is 1.33 bits per heavy atom. The van der Waals surface area contributed by atoms with Crippen LogP contribution in [0.4, 0.5) is 0 Å². The van der Waals surface area contributed by atoms with Crippen LogP contribution in [-0.4, -0.2) is 20.9 Å². The molecule has 2 rings (SSSR count). The number of hydrogen-bond acceptors (Lipinski definition) is 2. The molecule has 81 valence electrons. The largest absolute Gasteiger partial charge is 0.380 e. The Labute approximate surface area is 93.3 Å². The zero-order valence-electron chi connectivity index (χ0n) is 9.33. The Morgan fingerprint density at radius 2 is 2.13 bits per heavy atom. The molecular weight excluding hydrogens is 202 g/mol. The molecule has 0 bridgehead atoms. The highest BCUT2D eigenvalue weighted by Gasteiger charge is 2.21. The minimum atomic E-state index is -0.368. The first-order valence-corrected chi connectivity index (χ1v) is 7.61. The van der Waals surface area contributed by atoms with Gasteiger partial charge in [-0.1, -0.05) is 37.4 Å². The lowest BCUT2D eigenvalue weighted by Gasteiger charge is -2.21. The van der Waals surface area contributed by atoms with Crippen LogP contribution >= 0.6 is 0 Å². The molecule has 0 N–H and O–H groups in total. The first kappa shape index (κ1) is 10.8. The second-order valence-electron chi connectivity index (χ2n) is 4.11. The molecule has 0 aromatic carbocycles. The number of methoxy groups -OCH3 is 1. The van der Waals surface area contributed by atoms with E-state index in [2.05, 4.69) is 11.1 Å². The third-order valence-electron chi connectivity index (χ3n) is 2.98. The van der Waals surface area contributed by atoms with E-state index in [0.717, 1.165) is 6.61 Å². The maximum absolute atomic E-state index is 5.24. The molecule has 1 aliphatic heterocycles. The zero-order chi connectivity index (χ0) is 10.5. The summed E-state index contributed by atoms with van der Waals surface area (Å²) >= 11 is 0. The number of rotatable bonds is 3. The molecule has 0 atom stereocenters. The highest BCUT2D eigenvalue weighted by atomic mass is 28.3. The Bertz CT molecular complexity index is 310. The summed E-state index contributed by atoms with van der Waals surface area (Å²) in [4.78, 5) is 4.59. The van der Waals surface area contributed by atoms with E-state index in [1.165, 1.54) is 42.2 Å². The molecule has 0 aliphatic carbocycles. The van der Waals surface area contributed by atoms with Gasteiger partial charge in [-0.2, -0.15) is 0 Å². The molecule has 1 radical (unpaired) electrons. The molecule has 1 fully saturated rings. The number of nitrogens with zero attached hydrogens (tertiary/aromatic N) is 1. The average Bonchev–Trinajstić information content (AvgIpc) is 2.31. The van der Waals surface area contributed by atoms with Crippen LogP contribution in [0.15, 0.2) is 18.3 Å². The van der Waals surface area contributed by atoms with E-state index in [1.54, 1.807) is 7.11 Å². The third kappa shape index (κ3) is 2.67. The van der Waals surface area contributed by atoms with Gasteiger partial charge in [0.2, 0.25) is 0 Å². The quantitative estimate of drug-likeness (QED) is 0.728. The van der Waals surface area contributed by atoms with Crippen LogP contribution in [0, 0.1) is 0 Å². The number of ether oxygens (including phenoxy) is 1. The lowest BCUT2D eigenvalue weighted by molar-refractivity contribution is 0.185. The van der Waals surface area contributed by atoms with Crippen molar-refractivity contribution in [3.8, 4) is 0 Å². The Hall–Kier alpha value is -0.673. The minimum Gasteiger partial charge on any atom is -0.380 e. The van der Waals surface area contributed by atoms with Crippen LogP contribution in [0.25, 0.3) is 0 Å². The van der Waals surface area contributed by atoms with Gasteiger partial charge in [-0.25, -0.2) is 0 Å². The molecule has 1 aliphatic rings. The molecule has 0 spiro atoms. The predicted octanol–water partition coefficient (Wildman–Crippen LogP) is 2.11. The minimum absolute atomic E-state index is 0.368. The third-order valence-corrected chi connectivity index (χ3v) is 6.02. The van der Waals surface area contributed by atoms with Gasteiger partial charge in [0.05, 0.1) is 6.61 Å². The lowest BCUT2D eigenvalue weighted by Crippen LogP contribution is -2.37. The summed E-state index contributed by atoms with van der Waals surface area (Å²) in [6.45, 7) is 0.720. The highest BCUT2D eigenvalue weighted by molar-refractivity contribution is 6.73. The molecular formula is C12H18NOSi. The predicted molar refractivity (Wildman–Crippen MR) is 63.8 cm³/mol. The molecule has 2 nitrogen and oxygen atoms in total. The van der Waals surface area contributed by atoms with Gasteiger partial charge in [0.15, 0.2) is 0 Å². The second kappa shape index (κ2) is 5.42. The van der Waals surface area contributed by atoms with Crippen LogP contribution in [0.2, 0.25) is 12.1 Å². The molecule has 1 saturated heterocycles. The summed E-state index contributed by atoms with van der Waals surface area (Å²) in [5.74, 6) is 0. The van der Waals surface area contributed by atoms with E-state index >= 15 is 0 Å². The smallest absolute Gasteiger partial charge is 0.111 e. The maximum atomic E-state index is 5.24. The zero-order valence-corrected chi connectivity index (χ0v) is 10.3. The van der Waals surface area contributed by atoms with Crippen molar-refractivity contribution in [2.24, 2.45) is 0 Å². The second-order valence-corrected chi connectivity index (χ2v) is 6.79. The summed E-state index contributed by atoms with van der Waals surface area (Å²) in [6.07, 6.45) is 6.15. The maximum Gasteiger partial charge on any atom is 0.111 e. The van der Waals surface area contributed by atoms with Crippen molar-refractivity contribution in [1.82, 2.24) is 4.98 Å². The van der Waals surface area contributed by atoms with Crippen molar-refractivity contribution in [3.05, 3.63) is 23.9 Å². The normalized spacial score (nSPS) is 17.9. The van der Waals surface area contributed by atoms with Crippen molar-refractivity contribution in [3.63, 3.8) is 0 Å². The van der Waals surface area contributed by atoms with Crippen LogP contribution in [0.3, 0.4) is 0 Å². The molecule has 0 unspecified atom stereocenters. The topological polar surface area (TPSA) is 22.1 Å². The fourth-order valence-corrected chi connectivity index (χ4v) is 5.19. The molecule has 1 aromatic rings. The number of hydrogen-bond donors (Lipinski definition) is 0. The van der Waals surface area contributed by atoms with Gasteiger partial charge in [-0.3, -0.25) is 4.98 Å². The van der Waals surface area contributed by atoms with Crippen LogP contribution in [0.5, 0.6) is 0 Å². The van der Waals surface area contributed by atoms with Crippen molar-refractivity contribution in [1.29, 1.82) is 0 Å². The van der Waals surface area contributed by atoms with Crippen molar-refractivity contribution in [2.75, 3.05) is 7.11 Å². The first-order valence-electron chi connectivity index (χ1n) is 5.69. The average molecular weight is 220 g/mol. The van der Waals surface area contributed by atoms with Crippen molar-refractivity contribution >= 4 is 14.1 Å². The summed E-state index contributed by atoms with van der Waals surface area (Å²) in [6, 6.07) is 6.98. The van der Waals surface area contributed by atoms with Crippen molar-refractivity contribution in [2.45, 2.75) is 38.0 Å². The number of pyridine rings is 1. The van der Waals surface area contributed by atoms with E-state index in [-0.39, 0.29) is 8.80 Å². The van der Waals surface area contributed by atoms with Gasteiger partial charge in [-0.15, -0.1) is 0 Å². The van der Waals surface area contributed by atoms with E-state index in [4.69, 9.17) is 4.74 Å². The fourth-order valence-electron chi connectivity index (χ4n) is 2.24. The van der Waals surface area contributed by atoms with Crippen LogP contribution < -0.4 is 5.32 Å². The number of aromatic nitrogens is 1. The standard InChI is InChI=1S/C12H18NOSi/c1-14-10-11-6-5-7-13-12(11)15-8-3-2-4-9-15/h5-7H,2-4,8-10H2,1H3. The van der Waals surface area contributed by atoms with Crippen LogP contribution in [-0.2, 0) is 11.3 Å². The molecule has 2 heterocycles. The lowest BCUT2D eigenvalue weighted by atomic mass is 10.3. The molecule has 15 heavy (non-hydrogen) atoms. The van der Waals surface area contributed by atoms with E-state index in [9.17, 15) is 0 Å². The van der Waals surface area contributed by atoms with Gasteiger partial charge < -0.3 is 4.74 Å². The van der Waals surface area contributed by atoms with Crippen LogP contribution in [0.1, 0.15) is 24.8 Å². The molecule has 0 saturated carbocycles. The first-order chi connectivity index (χ1) is 7.42. The summed E-state index contributed by atoms with van der Waals surface area (Å²) in [5, 5.41) is 1.38. The molecule has 0 amide bonds. The molecule has 3 heteroatoms.